The van der Waals surface area contributed by atoms with E-state index in [1.807, 2.05) is 4.90 Å². The SMILES string of the molecule is O=C(Cc1nc(-c2ccc(F)cc2)ccc1[N+](=O)[O-])N1CC2CC(N3CCC3)CC2C1. The fraction of sp³-hybridized carbons (Fsp3) is 0.478. The minimum atomic E-state index is -0.500. The van der Waals surface area contributed by atoms with E-state index in [4.69, 9.17) is 0 Å². The monoisotopic (exact) mass is 424 g/mol. The van der Waals surface area contributed by atoms with Crippen LogP contribution in [0.15, 0.2) is 36.4 Å². The number of nitrogens with zero attached hydrogens (tertiary/aromatic N) is 4. The summed E-state index contributed by atoms with van der Waals surface area (Å²) >= 11 is 0. The lowest BCUT2D eigenvalue weighted by molar-refractivity contribution is -0.385. The summed E-state index contributed by atoms with van der Waals surface area (Å²) in [5, 5.41) is 11.5. The molecule has 3 heterocycles. The molecule has 1 amide bonds. The van der Waals surface area contributed by atoms with Gasteiger partial charge in [0, 0.05) is 30.8 Å². The molecule has 1 aromatic carbocycles. The number of likely N-dealkylation sites (tertiary alicyclic amines) is 2. The molecule has 0 N–H and O–H groups in total. The highest BCUT2D eigenvalue weighted by Gasteiger charge is 2.44. The largest absolute Gasteiger partial charge is 0.342 e. The quantitative estimate of drug-likeness (QED) is 0.544. The van der Waals surface area contributed by atoms with Crippen LogP contribution in [0.2, 0.25) is 0 Å². The summed E-state index contributed by atoms with van der Waals surface area (Å²) in [5.41, 5.74) is 1.14. The average molecular weight is 424 g/mol. The van der Waals surface area contributed by atoms with Crippen molar-refractivity contribution in [1.29, 1.82) is 0 Å². The van der Waals surface area contributed by atoms with E-state index in [2.05, 4.69) is 9.88 Å². The zero-order valence-electron chi connectivity index (χ0n) is 17.2. The Morgan fingerprint density at radius 1 is 1.10 bits per heavy atom. The van der Waals surface area contributed by atoms with Crippen molar-refractivity contribution in [3.8, 4) is 11.3 Å². The fourth-order valence-corrected chi connectivity index (χ4v) is 5.30. The van der Waals surface area contributed by atoms with E-state index in [1.165, 1.54) is 43.8 Å². The molecule has 0 radical (unpaired) electrons. The van der Waals surface area contributed by atoms with Gasteiger partial charge in [-0.15, -0.1) is 0 Å². The molecule has 5 rings (SSSR count). The summed E-state index contributed by atoms with van der Waals surface area (Å²) in [5.74, 6) is 0.588. The normalized spacial score (nSPS) is 25.3. The number of amides is 1. The molecular formula is C23H25FN4O3. The van der Waals surface area contributed by atoms with Crippen molar-refractivity contribution in [2.75, 3.05) is 26.2 Å². The van der Waals surface area contributed by atoms with Crippen LogP contribution in [0.3, 0.4) is 0 Å². The third-order valence-electron chi connectivity index (χ3n) is 7.09. The fourth-order valence-electron chi connectivity index (χ4n) is 5.30. The number of nitro groups is 1. The summed E-state index contributed by atoms with van der Waals surface area (Å²) in [4.78, 5) is 32.8. The topological polar surface area (TPSA) is 79.6 Å². The Labute approximate surface area is 180 Å². The second-order valence-electron chi connectivity index (χ2n) is 8.94. The van der Waals surface area contributed by atoms with Crippen molar-refractivity contribution in [2.24, 2.45) is 11.8 Å². The van der Waals surface area contributed by atoms with Crippen LogP contribution in [0.1, 0.15) is 25.0 Å². The molecule has 0 bridgehead atoms. The lowest BCUT2D eigenvalue weighted by Crippen LogP contribution is -2.44. The van der Waals surface area contributed by atoms with Crippen LogP contribution in [0, 0.1) is 27.8 Å². The second kappa shape index (κ2) is 8.00. The molecule has 1 saturated carbocycles. The number of pyridine rings is 1. The van der Waals surface area contributed by atoms with E-state index >= 15 is 0 Å². The lowest BCUT2D eigenvalue weighted by atomic mass is 10.0. The van der Waals surface area contributed by atoms with Crippen LogP contribution in [0.25, 0.3) is 11.3 Å². The third kappa shape index (κ3) is 3.92. The molecule has 3 aliphatic rings. The Hall–Kier alpha value is -2.87. The average Bonchev–Trinajstić information content (AvgIpc) is 3.26. The molecule has 2 saturated heterocycles. The summed E-state index contributed by atoms with van der Waals surface area (Å²) in [6.07, 6.45) is 3.49. The van der Waals surface area contributed by atoms with Crippen molar-refractivity contribution >= 4 is 11.6 Å². The Morgan fingerprint density at radius 2 is 1.77 bits per heavy atom. The molecule has 2 unspecified atom stereocenters. The van der Waals surface area contributed by atoms with E-state index < -0.39 is 4.92 Å². The highest BCUT2D eigenvalue weighted by molar-refractivity contribution is 5.80. The molecule has 3 fully saturated rings. The summed E-state index contributed by atoms with van der Waals surface area (Å²) in [6.45, 7) is 3.87. The van der Waals surface area contributed by atoms with E-state index in [0.29, 0.717) is 29.1 Å². The number of rotatable bonds is 5. The van der Waals surface area contributed by atoms with Crippen LogP contribution < -0.4 is 0 Å². The number of aromatic nitrogens is 1. The Bertz CT molecular complexity index is 994. The van der Waals surface area contributed by atoms with Gasteiger partial charge in [-0.1, -0.05) is 0 Å². The number of carbonyl (C=O) groups is 1. The predicted octanol–water partition coefficient (Wildman–Crippen LogP) is 3.28. The molecule has 8 heteroatoms. The third-order valence-corrected chi connectivity index (χ3v) is 7.09. The maximum atomic E-state index is 13.2. The van der Waals surface area contributed by atoms with Gasteiger partial charge in [-0.05, 0) is 74.5 Å². The van der Waals surface area contributed by atoms with Gasteiger partial charge in [-0.25, -0.2) is 9.37 Å². The summed E-state index contributed by atoms with van der Waals surface area (Å²) in [6, 6.07) is 9.37. The zero-order valence-corrected chi connectivity index (χ0v) is 17.2. The molecule has 1 aliphatic carbocycles. The number of hydrogen-bond donors (Lipinski definition) is 0. The van der Waals surface area contributed by atoms with E-state index in [-0.39, 0.29) is 29.5 Å². The molecule has 2 atom stereocenters. The van der Waals surface area contributed by atoms with Crippen LogP contribution in [0.5, 0.6) is 0 Å². The number of benzene rings is 1. The number of hydrogen-bond acceptors (Lipinski definition) is 5. The van der Waals surface area contributed by atoms with Gasteiger partial charge in [-0.2, -0.15) is 0 Å². The molecule has 162 valence electrons. The smallest absolute Gasteiger partial charge is 0.291 e. The number of carbonyl (C=O) groups excluding carboxylic acids is 1. The van der Waals surface area contributed by atoms with Crippen LogP contribution in [-0.2, 0) is 11.2 Å². The van der Waals surface area contributed by atoms with Gasteiger partial charge < -0.3 is 9.80 Å². The maximum Gasteiger partial charge on any atom is 0.291 e. The molecule has 31 heavy (non-hydrogen) atoms. The number of fused-ring (bicyclic) bond motifs is 1. The first-order valence-electron chi connectivity index (χ1n) is 10.9. The Kier molecular flexibility index (Phi) is 5.17. The van der Waals surface area contributed by atoms with Gasteiger partial charge in [-0.3, -0.25) is 14.9 Å². The highest BCUT2D eigenvalue weighted by Crippen LogP contribution is 2.41. The number of halogens is 1. The zero-order chi connectivity index (χ0) is 21.5. The molecule has 0 spiro atoms. The van der Waals surface area contributed by atoms with Gasteiger partial charge in [0.15, 0.2) is 0 Å². The van der Waals surface area contributed by atoms with E-state index in [1.54, 1.807) is 12.1 Å². The Balaban J connectivity index is 1.30. The van der Waals surface area contributed by atoms with Crippen LogP contribution in [0.4, 0.5) is 10.1 Å². The van der Waals surface area contributed by atoms with Crippen LogP contribution in [-0.4, -0.2) is 57.8 Å². The molecule has 7 nitrogen and oxygen atoms in total. The second-order valence-corrected chi connectivity index (χ2v) is 8.94. The van der Waals surface area contributed by atoms with Gasteiger partial charge in [0.25, 0.3) is 5.69 Å². The summed E-state index contributed by atoms with van der Waals surface area (Å²) in [7, 11) is 0. The standard InChI is InChI=1S/C23H25FN4O3/c24-18-4-2-15(3-5-18)20-6-7-22(28(30)31)21(25-20)12-23(29)27-13-16-10-19(11-17(16)14-27)26-8-1-9-26/h2-7,16-17,19H,1,8-14H2. The van der Waals surface area contributed by atoms with Gasteiger partial charge in [0.2, 0.25) is 5.91 Å². The first-order valence-corrected chi connectivity index (χ1v) is 10.9. The first-order chi connectivity index (χ1) is 15.0. The van der Waals surface area contributed by atoms with Crippen molar-refractivity contribution in [3.05, 3.63) is 58.0 Å². The lowest BCUT2D eigenvalue weighted by Gasteiger charge is -2.37. The minimum absolute atomic E-state index is 0.0969. The minimum Gasteiger partial charge on any atom is -0.342 e. The molecule has 2 aromatic rings. The summed E-state index contributed by atoms with van der Waals surface area (Å²) < 4.78 is 13.2. The van der Waals surface area contributed by atoms with Gasteiger partial charge in [0.1, 0.15) is 11.5 Å². The van der Waals surface area contributed by atoms with Crippen LogP contribution >= 0.6 is 0 Å². The van der Waals surface area contributed by atoms with Crippen molar-refractivity contribution in [2.45, 2.75) is 31.7 Å². The van der Waals surface area contributed by atoms with E-state index in [9.17, 15) is 19.3 Å². The predicted molar refractivity (Wildman–Crippen MR) is 113 cm³/mol. The van der Waals surface area contributed by atoms with Crippen molar-refractivity contribution in [1.82, 2.24) is 14.8 Å². The Morgan fingerprint density at radius 3 is 2.35 bits per heavy atom. The maximum absolute atomic E-state index is 13.2. The van der Waals surface area contributed by atoms with Gasteiger partial charge >= 0.3 is 0 Å². The molecular weight excluding hydrogens is 399 g/mol. The van der Waals surface area contributed by atoms with Crippen molar-refractivity contribution < 1.29 is 14.1 Å². The van der Waals surface area contributed by atoms with E-state index in [0.717, 1.165) is 25.9 Å². The van der Waals surface area contributed by atoms with Crippen molar-refractivity contribution in [3.63, 3.8) is 0 Å². The molecule has 1 aromatic heterocycles. The van der Waals surface area contributed by atoms with Gasteiger partial charge in [0.05, 0.1) is 17.0 Å². The molecule has 2 aliphatic heterocycles. The highest BCUT2D eigenvalue weighted by atomic mass is 19.1. The first kappa shape index (κ1) is 20.1.